The van der Waals surface area contributed by atoms with Crippen LogP contribution in [0.3, 0.4) is 0 Å². The fourth-order valence-corrected chi connectivity index (χ4v) is 1.75. The van der Waals surface area contributed by atoms with Crippen molar-refractivity contribution in [2.75, 3.05) is 5.73 Å². The molecule has 0 fully saturated rings. The van der Waals surface area contributed by atoms with Gasteiger partial charge in [0.25, 0.3) is 11.4 Å². The molecule has 2 heterocycles. The van der Waals surface area contributed by atoms with Gasteiger partial charge in [0.15, 0.2) is 0 Å². The normalized spacial score (nSPS) is 10.7. The fraction of sp³-hybridized carbons (Fsp3) is 0. The maximum absolute atomic E-state index is 10.6. The highest BCUT2D eigenvalue weighted by molar-refractivity contribution is 5.96. The lowest BCUT2D eigenvalue weighted by Crippen LogP contribution is -1.92. The number of rotatable bonds is 2. The molecule has 3 aromatic rings. The summed E-state index contributed by atoms with van der Waals surface area (Å²) in [7, 11) is 0. The monoisotopic (exact) mass is 257 g/mol. The highest BCUT2D eigenvalue weighted by Crippen LogP contribution is 2.30. The summed E-state index contributed by atoms with van der Waals surface area (Å²) in [6.45, 7) is 0. The van der Waals surface area contributed by atoms with Gasteiger partial charge in [0.1, 0.15) is 23.2 Å². The van der Waals surface area contributed by atoms with Crippen LogP contribution in [0.15, 0.2) is 35.1 Å². The summed E-state index contributed by atoms with van der Waals surface area (Å²) < 4.78 is 5.05. The molecule has 3 rings (SSSR count). The topological polar surface area (TPSA) is 121 Å². The zero-order valence-electron chi connectivity index (χ0n) is 9.48. The highest BCUT2D eigenvalue weighted by atomic mass is 16.6. The number of non-ortho nitro benzene ring substituents is 1. The van der Waals surface area contributed by atoms with E-state index in [1.807, 2.05) is 0 Å². The van der Waals surface area contributed by atoms with Crippen molar-refractivity contribution in [3.63, 3.8) is 0 Å². The van der Waals surface area contributed by atoms with E-state index < -0.39 is 4.92 Å². The zero-order chi connectivity index (χ0) is 13.4. The van der Waals surface area contributed by atoms with Gasteiger partial charge in [0.2, 0.25) is 0 Å². The van der Waals surface area contributed by atoms with Gasteiger partial charge in [0.05, 0.1) is 4.92 Å². The number of hydrogen-bond donors (Lipinski definition) is 1. The summed E-state index contributed by atoms with van der Waals surface area (Å²) in [4.78, 5) is 17.9. The molecule has 0 aliphatic rings. The number of hydrogen-bond acceptors (Lipinski definition) is 7. The van der Waals surface area contributed by atoms with Gasteiger partial charge < -0.3 is 10.3 Å². The third-order valence-corrected chi connectivity index (χ3v) is 2.65. The van der Waals surface area contributed by atoms with Gasteiger partial charge in [-0.3, -0.25) is 10.1 Å². The van der Waals surface area contributed by atoms with Crippen molar-refractivity contribution >= 4 is 22.6 Å². The maximum Gasteiger partial charge on any atom is 0.269 e. The predicted octanol–water partition coefficient (Wildman–Crippen LogP) is 1.78. The average Bonchev–Trinajstić information content (AvgIpc) is 2.84. The van der Waals surface area contributed by atoms with Crippen molar-refractivity contribution in [3.05, 3.63) is 40.7 Å². The first kappa shape index (κ1) is 11.1. The summed E-state index contributed by atoms with van der Waals surface area (Å²) >= 11 is 0. The molecule has 8 nitrogen and oxygen atoms in total. The predicted molar refractivity (Wildman–Crippen MR) is 66.1 cm³/mol. The molecule has 0 spiro atoms. The van der Waals surface area contributed by atoms with E-state index in [4.69, 9.17) is 10.3 Å². The molecule has 0 unspecified atom stereocenters. The second-order valence-corrected chi connectivity index (χ2v) is 3.77. The Hall–Kier alpha value is -3.03. The first-order chi connectivity index (χ1) is 9.16. The lowest BCUT2D eigenvalue weighted by Gasteiger charge is -1.98. The van der Waals surface area contributed by atoms with E-state index in [1.54, 1.807) is 12.1 Å². The molecular weight excluding hydrogens is 250 g/mol. The molecule has 0 aliphatic carbocycles. The Labute approximate surface area is 106 Å². The van der Waals surface area contributed by atoms with Gasteiger partial charge in [-0.2, -0.15) is 4.98 Å². The first-order valence-electron chi connectivity index (χ1n) is 5.27. The molecule has 8 heteroatoms. The molecular formula is C11H7N5O3. The van der Waals surface area contributed by atoms with E-state index in [1.165, 1.54) is 18.5 Å². The molecule has 0 saturated heterocycles. The molecule has 0 aliphatic heterocycles. The quantitative estimate of drug-likeness (QED) is 0.548. The number of fused-ring (bicyclic) bond motifs is 1. The van der Waals surface area contributed by atoms with Gasteiger partial charge in [-0.15, -0.1) is 0 Å². The van der Waals surface area contributed by atoms with E-state index >= 15 is 0 Å². The largest absolute Gasteiger partial charge is 0.383 e. The zero-order valence-corrected chi connectivity index (χ0v) is 9.48. The molecule has 0 amide bonds. The second kappa shape index (κ2) is 4.02. The third-order valence-electron chi connectivity index (χ3n) is 2.65. The lowest BCUT2D eigenvalue weighted by molar-refractivity contribution is -0.384. The Morgan fingerprint density at radius 2 is 1.95 bits per heavy atom. The minimum atomic E-state index is -0.470. The third kappa shape index (κ3) is 1.75. The van der Waals surface area contributed by atoms with Crippen LogP contribution in [0.1, 0.15) is 0 Å². The molecule has 2 aromatic heterocycles. The van der Waals surface area contributed by atoms with Crippen molar-refractivity contribution in [1.29, 1.82) is 0 Å². The van der Waals surface area contributed by atoms with Crippen molar-refractivity contribution < 1.29 is 9.45 Å². The van der Waals surface area contributed by atoms with E-state index in [9.17, 15) is 10.1 Å². The summed E-state index contributed by atoms with van der Waals surface area (Å²) in [5, 5.41) is 15.0. The van der Waals surface area contributed by atoms with E-state index in [0.717, 1.165) is 0 Å². The van der Waals surface area contributed by atoms with Crippen LogP contribution in [0.25, 0.3) is 22.4 Å². The number of nitrogen functional groups attached to an aromatic ring is 1. The summed E-state index contributed by atoms with van der Waals surface area (Å²) in [5.41, 5.74) is 7.14. The number of benzene rings is 1. The number of nitrogens with zero attached hydrogens (tertiary/aromatic N) is 4. The second-order valence-electron chi connectivity index (χ2n) is 3.77. The van der Waals surface area contributed by atoms with Crippen LogP contribution in [0.5, 0.6) is 0 Å². The summed E-state index contributed by atoms with van der Waals surface area (Å²) in [6, 6.07) is 5.91. The Morgan fingerprint density at radius 1 is 1.21 bits per heavy atom. The van der Waals surface area contributed by atoms with Gasteiger partial charge in [-0.05, 0) is 12.1 Å². The Morgan fingerprint density at radius 3 is 2.63 bits per heavy atom. The molecule has 2 N–H and O–H groups in total. The first-order valence-corrected chi connectivity index (χ1v) is 5.27. The average molecular weight is 257 g/mol. The summed E-state index contributed by atoms with van der Waals surface area (Å²) in [6.07, 6.45) is 1.28. The Bertz CT molecular complexity index is 766. The molecule has 0 radical (unpaired) electrons. The van der Waals surface area contributed by atoms with Crippen molar-refractivity contribution in [3.8, 4) is 11.3 Å². The molecule has 0 atom stereocenters. The van der Waals surface area contributed by atoms with Crippen LogP contribution in [0.2, 0.25) is 0 Å². The molecule has 19 heavy (non-hydrogen) atoms. The molecule has 94 valence electrons. The number of nitro benzene ring substituents is 1. The van der Waals surface area contributed by atoms with Crippen LogP contribution in [0.4, 0.5) is 11.5 Å². The standard InChI is InChI=1S/C11H7N5O3/c12-10-8-9(15-19-11(8)14-5-13-10)6-1-3-7(4-2-6)16(17)18/h1-5H,(H2,12,13,14). The Kier molecular flexibility index (Phi) is 2.34. The van der Waals surface area contributed by atoms with Gasteiger partial charge in [-0.25, -0.2) is 4.98 Å². The number of anilines is 1. The minimum Gasteiger partial charge on any atom is -0.383 e. The van der Waals surface area contributed by atoms with Gasteiger partial charge >= 0.3 is 0 Å². The molecule has 0 saturated carbocycles. The van der Waals surface area contributed by atoms with E-state index in [0.29, 0.717) is 16.6 Å². The fourth-order valence-electron chi connectivity index (χ4n) is 1.75. The van der Waals surface area contributed by atoms with Crippen molar-refractivity contribution in [2.45, 2.75) is 0 Å². The maximum atomic E-state index is 10.6. The van der Waals surface area contributed by atoms with Gasteiger partial charge in [0, 0.05) is 17.7 Å². The molecule has 0 bridgehead atoms. The Balaban J connectivity index is 2.16. The van der Waals surface area contributed by atoms with Crippen molar-refractivity contribution in [1.82, 2.24) is 15.1 Å². The summed E-state index contributed by atoms with van der Waals surface area (Å²) in [5.74, 6) is 0.250. The molecule has 1 aromatic carbocycles. The van der Waals surface area contributed by atoms with Crippen molar-refractivity contribution in [2.24, 2.45) is 0 Å². The van der Waals surface area contributed by atoms with Crippen LogP contribution < -0.4 is 5.73 Å². The SMILES string of the molecule is Nc1ncnc2onc(-c3ccc([N+](=O)[O-])cc3)c12. The number of nitro groups is 1. The number of aromatic nitrogens is 3. The van der Waals surface area contributed by atoms with Gasteiger partial charge in [-0.1, -0.05) is 5.16 Å². The minimum absolute atomic E-state index is 0.000715. The van der Waals surface area contributed by atoms with Crippen LogP contribution in [-0.4, -0.2) is 20.0 Å². The highest BCUT2D eigenvalue weighted by Gasteiger charge is 2.15. The number of nitrogens with two attached hydrogens (primary N) is 1. The van der Waals surface area contributed by atoms with Crippen LogP contribution in [-0.2, 0) is 0 Å². The van der Waals surface area contributed by atoms with Crippen LogP contribution in [0, 0.1) is 10.1 Å². The van der Waals surface area contributed by atoms with Crippen LogP contribution >= 0.6 is 0 Å². The van der Waals surface area contributed by atoms with E-state index in [-0.39, 0.29) is 17.2 Å². The smallest absolute Gasteiger partial charge is 0.269 e. The van der Waals surface area contributed by atoms with E-state index in [2.05, 4.69) is 15.1 Å². The lowest BCUT2D eigenvalue weighted by atomic mass is 10.1.